The first-order valence-corrected chi connectivity index (χ1v) is 5.03. The van der Waals surface area contributed by atoms with Gasteiger partial charge in [0.25, 0.3) is 0 Å². The third-order valence-corrected chi connectivity index (χ3v) is 2.64. The van der Waals surface area contributed by atoms with Gasteiger partial charge in [0.15, 0.2) is 0 Å². The van der Waals surface area contributed by atoms with Crippen LogP contribution in [0.3, 0.4) is 0 Å². The summed E-state index contributed by atoms with van der Waals surface area (Å²) in [4.78, 5) is 0. The van der Waals surface area contributed by atoms with Crippen LogP contribution in [0.1, 0.15) is 25.2 Å². The number of hydrogen-bond donors (Lipinski definition) is 0. The predicted molar refractivity (Wildman–Crippen MR) is 58.6 cm³/mol. The molecule has 15 heavy (non-hydrogen) atoms. The van der Waals surface area contributed by atoms with Crippen molar-refractivity contribution in [3.63, 3.8) is 0 Å². The van der Waals surface area contributed by atoms with Crippen LogP contribution < -0.4 is 0 Å². The molecular formula is C11H16N4. The SMILES string of the molecule is Cc1ccn(C(C)(C)c2ccn(C)n2)n1. The molecule has 0 fully saturated rings. The minimum atomic E-state index is -0.199. The highest BCUT2D eigenvalue weighted by Gasteiger charge is 2.25. The molecular weight excluding hydrogens is 188 g/mol. The Morgan fingerprint density at radius 1 is 1.13 bits per heavy atom. The van der Waals surface area contributed by atoms with Crippen molar-refractivity contribution in [2.75, 3.05) is 0 Å². The van der Waals surface area contributed by atoms with Gasteiger partial charge in [-0.1, -0.05) is 0 Å². The molecule has 0 atom stereocenters. The van der Waals surface area contributed by atoms with E-state index in [-0.39, 0.29) is 5.54 Å². The van der Waals surface area contributed by atoms with Crippen LogP contribution in [0, 0.1) is 6.92 Å². The molecule has 0 aliphatic heterocycles. The Labute approximate surface area is 89.5 Å². The van der Waals surface area contributed by atoms with E-state index in [1.165, 1.54) is 0 Å². The van der Waals surface area contributed by atoms with Gasteiger partial charge >= 0.3 is 0 Å². The fourth-order valence-corrected chi connectivity index (χ4v) is 1.59. The second-order valence-corrected chi connectivity index (χ2v) is 4.34. The zero-order valence-corrected chi connectivity index (χ0v) is 9.60. The molecule has 0 unspecified atom stereocenters. The second kappa shape index (κ2) is 3.22. The van der Waals surface area contributed by atoms with E-state index in [2.05, 4.69) is 24.0 Å². The Hall–Kier alpha value is -1.58. The Kier molecular flexibility index (Phi) is 2.14. The molecule has 4 heteroatoms. The standard InChI is InChI=1S/C11H16N4/c1-9-5-8-15(12-9)11(2,3)10-6-7-14(4)13-10/h5-8H,1-4H3. The lowest BCUT2D eigenvalue weighted by atomic mass is 10.0. The van der Waals surface area contributed by atoms with Crippen molar-refractivity contribution in [1.29, 1.82) is 0 Å². The maximum atomic E-state index is 4.44. The van der Waals surface area contributed by atoms with Crippen LogP contribution in [0.4, 0.5) is 0 Å². The van der Waals surface area contributed by atoms with Crippen molar-refractivity contribution in [2.45, 2.75) is 26.3 Å². The Bertz CT molecular complexity index is 422. The highest BCUT2D eigenvalue weighted by atomic mass is 15.3. The molecule has 0 radical (unpaired) electrons. The van der Waals surface area contributed by atoms with Crippen LogP contribution in [0.25, 0.3) is 0 Å². The molecule has 0 saturated carbocycles. The molecule has 0 spiro atoms. The average molecular weight is 204 g/mol. The summed E-state index contributed by atoms with van der Waals surface area (Å²) in [6.07, 6.45) is 3.94. The van der Waals surface area contributed by atoms with Gasteiger partial charge in [0.05, 0.1) is 11.4 Å². The fourth-order valence-electron chi connectivity index (χ4n) is 1.59. The van der Waals surface area contributed by atoms with Crippen molar-refractivity contribution < 1.29 is 0 Å². The normalized spacial score (nSPS) is 12.0. The van der Waals surface area contributed by atoms with Gasteiger partial charge in [-0.05, 0) is 32.9 Å². The van der Waals surface area contributed by atoms with Crippen LogP contribution in [-0.4, -0.2) is 19.6 Å². The summed E-state index contributed by atoms with van der Waals surface area (Å²) in [6, 6.07) is 4.03. The van der Waals surface area contributed by atoms with Gasteiger partial charge in [0.1, 0.15) is 5.54 Å². The molecule has 0 N–H and O–H groups in total. The van der Waals surface area contributed by atoms with E-state index < -0.39 is 0 Å². The Balaban J connectivity index is 2.42. The third-order valence-electron chi connectivity index (χ3n) is 2.64. The van der Waals surface area contributed by atoms with Gasteiger partial charge in [-0.3, -0.25) is 9.36 Å². The number of hydrogen-bond acceptors (Lipinski definition) is 2. The van der Waals surface area contributed by atoms with E-state index in [1.807, 2.05) is 47.9 Å². The predicted octanol–water partition coefficient (Wildman–Crippen LogP) is 1.71. The molecule has 0 aliphatic carbocycles. The lowest BCUT2D eigenvalue weighted by molar-refractivity contribution is 0.375. The van der Waals surface area contributed by atoms with Crippen molar-refractivity contribution in [1.82, 2.24) is 19.6 Å². The van der Waals surface area contributed by atoms with Gasteiger partial charge < -0.3 is 0 Å². The van der Waals surface area contributed by atoms with E-state index in [0.29, 0.717) is 0 Å². The summed E-state index contributed by atoms with van der Waals surface area (Å²) in [6.45, 7) is 6.22. The Morgan fingerprint density at radius 3 is 2.33 bits per heavy atom. The second-order valence-electron chi connectivity index (χ2n) is 4.34. The number of rotatable bonds is 2. The molecule has 0 saturated heterocycles. The van der Waals surface area contributed by atoms with E-state index >= 15 is 0 Å². The molecule has 2 heterocycles. The van der Waals surface area contributed by atoms with Gasteiger partial charge in [0, 0.05) is 19.4 Å². The number of aryl methyl sites for hydroxylation is 2. The number of nitrogens with zero attached hydrogens (tertiary/aromatic N) is 4. The summed E-state index contributed by atoms with van der Waals surface area (Å²) in [5.41, 5.74) is 1.85. The smallest absolute Gasteiger partial charge is 0.101 e. The molecule has 0 amide bonds. The molecule has 2 aromatic heterocycles. The molecule has 2 rings (SSSR count). The molecule has 0 bridgehead atoms. The first kappa shape index (κ1) is 9.96. The third kappa shape index (κ3) is 1.67. The van der Waals surface area contributed by atoms with Gasteiger partial charge in [0.2, 0.25) is 0 Å². The topological polar surface area (TPSA) is 35.6 Å². The van der Waals surface area contributed by atoms with Gasteiger partial charge in [-0.15, -0.1) is 0 Å². The molecule has 80 valence electrons. The Morgan fingerprint density at radius 2 is 1.87 bits per heavy atom. The minimum absolute atomic E-state index is 0.199. The lowest BCUT2D eigenvalue weighted by Crippen LogP contribution is -2.29. The van der Waals surface area contributed by atoms with Gasteiger partial charge in [-0.25, -0.2) is 0 Å². The van der Waals surface area contributed by atoms with Crippen LogP contribution >= 0.6 is 0 Å². The van der Waals surface area contributed by atoms with E-state index in [0.717, 1.165) is 11.4 Å². The van der Waals surface area contributed by atoms with Crippen molar-refractivity contribution in [3.05, 3.63) is 35.9 Å². The first-order valence-electron chi connectivity index (χ1n) is 5.03. The van der Waals surface area contributed by atoms with Gasteiger partial charge in [-0.2, -0.15) is 10.2 Å². The van der Waals surface area contributed by atoms with Crippen molar-refractivity contribution in [3.8, 4) is 0 Å². The number of aromatic nitrogens is 4. The monoisotopic (exact) mass is 204 g/mol. The van der Waals surface area contributed by atoms with Crippen LogP contribution in [-0.2, 0) is 12.6 Å². The van der Waals surface area contributed by atoms with Crippen molar-refractivity contribution >= 4 is 0 Å². The summed E-state index contributed by atoms with van der Waals surface area (Å²) >= 11 is 0. The summed E-state index contributed by atoms with van der Waals surface area (Å²) < 4.78 is 3.76. The minimum Gasteiger partial charge on any atom is -0.275 e. The average Bonchev–Trinajstić information content (AvgIpc) is 2.74. The van der Waals surface area contributed by atoms with E-state index in [9.17, 15) is 0 Å². The molecule has 2 aromatic rings. The van der Waals surface area contributed by atoms with Crippen LogP contribution in [0.2, 0.25) is 0 Å². The molecule has 4 nitrogen and oxygen atoms in total. The van der Waals surface area contributed by atoms with E-state index in [1.54, 1.807) is 0 Å². The summed E-state index contributed by atoms with van der Waals surface area (Å²) in [5, 5.41) is 8.86. The lowest BCUT2D eigenvalue weighted by Gasteiger charge is -2.23. The van der Waals surface area contributed by atoms with Crippen LogP contribution in [0.5, 0.6) is 0 Å². The van der Waals surface area contributed by atoms with E-state index in [4.69, 9.17) is 0 Å². The fraction of sp³-hybridized carbons (Fsp3) is 0.455. The van der Waals surface area contributed by atoms with Crippen molar-refractivity contribution in [2.24, 2.45) is 7.05 Å². The highest BCUT2D eigenvalue weighted by Crippen LogP contribution is 2.22. The zero-order chi connectivity index (χ0) is 11.1. The highest BCUT2D eigenvalue weighted by molar-refractivity contribution is 5.13. The molecule has 0 aromatic carbocycles. The first-order chi connectivity index (χ1) is 7.00. The summed E-state index contributed by atoms with van der Waals surface area (Å²) in [7, 11) is 1.92. The largest absolute Gasteiger partial charge is 0.275 e. The quantitative estimate of drug-likeness (QED) is 0.746. The maximum Gasteiger partial charge on any atom is 0.101 e. The van der Waals surface area contributed by atoms with Crippen LogP contribution in [0.15, 0.2) is 24.5 Å². The zero-order valence-electron chi connectivity index (χ0n) is 9.60. The summed E-state index contributed by atoms with van der Waals surface area (Å²) in [5.74, 6) is 0. The molecule has 0 aliphatic rings. The maximum absolute atomic E-state index is 4.44.